The van der Waals surface area contributed by atoms with Crippen LogP contribution in [0.25, 0.3) is 6.08 Å². The fraction of sp³-hybridized carbons (Fsp3) is 0.471. The summed E-state index contributed by atoms with van der Waals surface area (Å²) >= 11 is 0. The van der Waals surface area contributed by atoms with Crippen LogP contribution in [0.4, 0.5) is 5.69 Å². The molecule has 1 aromatic carbocycles. The topological polar surface area (TPSA) is 41.6 Å². The van der Waals surface area contributed by atoms with Gasteiger partial charge in [0.15, 0.2) is 0 Å². The number of ether oxygens (including phenoxy) is 1. The molecule has 1 fully saturated rings. The van der Waals surface area contributed by atoms with Crippen LogP contribution in [0.1, 0.15) is 18.4 Å². The van der Waals surface area contributed by atoms with Crippen molar-refractivity contribution in [2.45, 2.75) is 12.8 Å². The van der Waals surface area contributed by atoms with Gasteiger partial charge in [0, 0.05) is 39.0 Å². The third-order valence-electron chi connectivity index (χ3n) is 3.66. The second-order valence-electron chi connectivity index (χ2n) is 5.65. The van der Waals surface area contributed by atoms with Crippen molar-refractivity contribution in [3.05, 3.63) is 35.9 Å². The predicted octanol–water partition coefficient (Wildman–Crippen LogP) is 2.31. The molecule has 1 aromatic rings. The van der Waals surface area contributed by atoms with Crippen molar-refractivity contribution >= 4 is 17.7 Å². The fourth-order valence-electron chi connectivity index (χ4n) is 2.33. The molecule has 0 aliphatic carbocycles. The van der Waals surface area contributed by atoms with Crippen molar-refractivity contribution < 1.29 is 9.53 Å². The molecule has 2 rings (SSSR count). The number of carbonyl (C=O) groups excluding carboxylic acids is 1. The SMILES string of the molecule is CN(C)c1ccc(/C=C/C(=O)NC[C@@H]2CCCOC2)cc1. The monoisotopic (exact) mass is 288 g/mol. The highest BCUT2D eigenvalue weighted by Crippen LogP contribution is 2.13. The van der Waals surface area contributed by atoms with Gasteiger partial charge in [-0.3, -0.25) is 4.79 Å². The van der Waals surface area contributed by atoms with E-state index in [2.05, 4.69) is 5.32 Å². The number of amides is 1. The molecule has 0 unspecified atom stereocenters. The molecule has 4 heteroatoms. The Morgan fingerprint density at radius 1 is 1.38 bits per heavy atom. The molecular formula is C17H24N2O2. The summed E-state index contributed by atoms with van der Waals surface area (Å²) < 4.78 is 5.40. The molecule has 0 saturated carbocycles. The van der Waals surface area contributed by atoms with Gasteiger partial charge in [0.1, 0.15) is 0 Å². The molecule has 1 amide bonds. The smallest absolute Gasteiger partial charge is 0.244 e. The Morgan fingerprint density at radius 3 is 2.76 bits per heavy atom. The number of anilines is 1. The van der Waals surface area contributed by atoms with Crippen molar-refractivity contribution in [1.82, 2.24) is 5.32 Å². The Hall–Kier alpha value is -1.81. The van der Waals surface area contributed by atoms with Gasteiger partial charge in [0.2, 0.25) is 5.91 Å². The van der Waals surface area contributed by atoms with Gasteiger partial charge in [-0.2, -0.15) is 0 Å². The molecule has 0 spiro atoms. The summed E-state index contributed by atoms with van der Waals surface area (Å²) in [5, 5.41) is 2.94. The third-order valence-corrected chi connectivity index (χ3v) is 3.66. The van der Waals surface area contributed by atoms with E-state index in [0.717, 1.165) is 37.3 Å². The maximum Gasteiger partial charge on any atom is 0.244 e. The zero-order valence-corrected chi connectivity index (χ0v) is 12.8. The largest absolute Gasteiger partial charge is 0.381 e. The molecule has 114 valence electrons. The number of benzene rings is 1. The molecule has 0 bridgehead atoms. The lowest BCUT2D eigenvalue weighted by Gasteiger charge is -2.21. The van der Waals surface area contributed by atoms with Crippen LogP contribution >= 0.6 is 0 Å². The van der Waals surface area contributed by atoms with Crippen LogP contribution in [0.3, 0.4) is 0 Å². The zero-order chi connectivity index (χ0) is 15.1. The van der Waals surface area contributed by atoms with E-state index >= 15 is 0 Å². The lowest BCUT2D eigenvalue weighted by molar-refractivity contribution is -0.116. The van der Waals surface area contributed by atoms with E-state index in [1.54, 1.807) is 6.08 Å². The van der Waals surface area contributed by atoms with E-state index in [4.69, 9.17) is 4.74 Å². The first-order valence-electron chi connectivity index (χ1n) is 7.46. The highest BCUT2D eigenvalue weighted by Gasteiger charge is 2.13. The number of nitrogens with zero attached hydrogens (tertiary/aromatic N) is 1. The molecule has 4 nitrogen and oxygen atoms in total. The summed E-state index contributed by atoms with van der Waals surface area (Å²) in [6.07, 6.45) is 5.66. The van der Waals surface area contributed by atoms with E-state index < -0.39 is 0 Å². The summed E-state index contributed by atoms with van der Waals surface area (Å²) in [4.78, 5) is 13.8. The van der Waals surface area contributed by atoms with Crippen LogP contribution in [0.5, 0.6) is 0 Å². The molecule has 1 aliphatic rings. The van der Waals surface area contributed by atoms with Gasteiger partial charge < -0.3 is 15.0 Å². The minimum atomic E-state index is -0.0442. The van der Waals surface area contributed by atoms with E-state index in [0.29, 0.717) is 12.5 Å². The van der Waals surface area contributed by atoms with Crippen molar-refractivity contribution in [1.29, 1.82) is 0 Å². The van der Waals surface area contributed by atoms with Crippen LogP contribution in [0, 0.1) is 5.92 Å². The quantitative estimate of drug-likeness (QED) is 0.845. The van der Waals surface area contributed by atoms with Crippen molar-refractivity contribution in [2.24, 2.45) is 5.92 Å². The minimum Gasteiger partial charge on any atom is -0.381 e. The lowest BCUT2D eigenvalue weighted by atomic mass is 10.0. The van der Waals surface area contributed by atoms with Gasteiger partial charge in [-0.05, 0) is 42.5 Å². The number of rotatable bonds is 5. The van der Waals surface area contributed by atoms with Crippen LogP contribution in [-0.4, -0.2) is 39.8 Å². The normalized spacial score (nSPS) is 18.7. The van der Waals surface area contributed by atoms with Gasteiger partial charge in [0.25, 0.3) is 0 Å². The molecule has 1 atom stereocenters. The van der Waals surface area contributed by atoms with E-state index in [9.17, 15) is 4.79 Å². The molecular weight excluding hydrogens is 264 g/mol. The standard InChI is InChI=1S/C17H24N2O2/c1-19(2)16-8-5-14(6-9-16)7-10-17(20)18-12-15-4-3-11-21-13-15/h5-10,15H,3-4,11-13H2,1-2H3,(H,18,20)/b10-7+/t15-/m0/s1. The molecule has 21 heavy (non-hydrogen) atoms. The van der Waals surface area contributed by atoms with Crippen LogP contribution in [-0.2, 0) is 9.53 Å². The predicted molar refractivity (Wildman–Crippen MR) is 86.4 cm³/mol. The van der Waals surface area contributed by atoms with E-state index in [-0.39, 0.29) is 5.91 Å². The highest BCUT2D eigenvalue weighted by molar-refractivity contribution is 5.91. The summed E-state index contributed by atoms with van der Waals surface area (Å²) in [5.41, 5.74) is 2.17. The van der Waals surface area contributed by atoms with Gasteiger partial charge in [-0.15, -0.1) is 0 Å². The van der Waals surface area contributed by atoms with E-state index in [1.807, 2.05) is 49.3 Å². The lowest BCUT2D eigenvalue weighted by Crippen LogP contribution is -2.32. The van der Waals surface area contributed by atoms with Crippen LogP contribution < -0.4 is 10.2 Å². The molecule has 0 radical (unpaired) electrons. The van der Waals surface area contributed by atoms with Crippen LogP contribution in [0.2, 0.25) is 0 Å². The maximum absolute atomic E-state index is 11.8. The average Bonchev–Trinajstić information content (AvgIpc) is 2.52. The number of hydrogen-bond donors (Lipinski definition) is 1. The Morgan fingerprint density at radius 2 is 2.14 bits per heavy atom. The summed E-state index contributed by atoms with van der Waals surface area (Å²) in [6.45, 7) is 2.31. The highest BCUT2D eigenvalue weighted by atomic mass is 16.5. The Bertz CT molecular complexity index is 474. The Balaban J connectivity index is 1.78. The zero-order valence-electron chi connectivity index (χ0n) is 12.8. The summed E-state index contributed by atoms with van der Waals surface area (Å²) in [6, 6.07) is 8.09. The number of carbonyl (C=O) groups is 1. The first kappa shape index (κ1) is 15.6. The first-order valence-corrected chi connectivity index (χ1v) is 7.46. The van der Waals surface area contributed by atoms with Gasteiger partial charge in [-0.1, -0.05) is 12.1 Å². The van der Waals surface area contributed by atoms with Crippen molar-refractivity contribution in [2.75, 3.05) is 38.8 Å². The maximum atomic E-state index is 11.8. The second kappa shape index (κ2) is 7.84. The number of hydrogen-bond acceptors (Lipinski definition) is 3. The fourth-order valence-corrected chi connectivity index (χ4v) is 2.33. The van der Waals surface area contributed by atoms with Gasteiger partial charge in [-0.25, -0.2) is 0 Å². The molecule has 1 N–H and O–H groups in total. The van der Waals surface area contributed by atoms with E-state index in [1.165, 1.54) is 0 Å². The summed E-state index contributed by atoms with van der Waals surface area (Å²) in [7, 11) is 4.01. The average molecular weight is 288 g/mol. The minimum absolute atomic E-state index is 0.0442. The van der Waals surface area contributed by atoms with Crippen molar-refractivity contribution in [3.63, 3.8) is 0 Å². The first-order chi connectivity index (χ1) is 10.1. The van der Waals surface area contributed by atoms with Crippen molar-refractivity contribution in [3.8, 4) is 0 Å². The molecule has 1 aliphatic heterocycles. The number of nitrogens with one attached hydrogen (secondary N) is 1. The van der Waals surface area contributed by atoms with Gasteiger partial charge >= 0.3 is 0 Å². The third kappa shape index (κ3) is 5.23. The molecule has 1 heterocycles. The Labute approximate surface area is 126 Å². The second-order valence-corrected chi connectivity index (χ2v) is 5.65. The summed E-state index contributed by atoms with van der Waals surface area (Å²) in [5.74, 6) is 0.410. The molecule has 1 saturated heterocycles. The van der Waals surface area contributed by atoms with Crippen LogP contribution in [0.15, 0.2) is 30.3 Å². The molecule has 0 aromatic heterocycles. The Kier molecular flexibility index (Phi) is 5.81. The van der Waals surface area contributed by atoms with Gasteiger partial charge in [0.05, 0.1) is 6.61 Å².